The summed E-state index contributed by atoms with van der Waals surface area (Å²) < 4.78 is 5.41. The lowest BCUT2D eigenvalue weighted by Gasteiger charge is -2.16. The van der Waals surface area contributed by atoms with Gasteiger partial charge in [0.15, 0.2) is 5.96 Å². The van der Waals surface area contributed by atoms with Crippen molar-refractivity contribution < 1.29 is 14.3 Å². The van der Waals surface area contributed by atoms with E-state index in [1.54, 1.807) is 36.4 Å². The number of unbranched alkanes of at least 4 members (excludes halogenated alkanes) is 1. The van der Waals surface area contributed by atoms with Gasteiger partial charge in [-0.1, -0.05) is 32.4 Å². The Kier molecular flexibility index (Phi) is 8.21. The number of rotatable bonds is 9. The first-order chi connectivity index (χ1) is 13.9. The number of guanidine groups is 1. The largest absolute Gasteiger partial charge is 0.423 e. The number of amides is 1. The van der Waals surface area contributed by atoms with E-state index in [9.17, 15) is 9.59 Å². The summed E-state index contributed by atoms with van der Waals surface area (Å²) in [6.07, 6.45) is 2.69. The fourth-order valence-corrected chi connectivity index (χ4v) is 2.84. The van der Waals surface area contributed by atoms with E-state index in [2.05, 4.69) is 17.2 Å². The van der Waals surface area contributed by atoms with Crippen molar-refractivity contribution in [1.29, 1.82) is 0 Å². The number of benzene rings is 2. The summed E-state index contributed by atoms with van der Waals surface area (Å²) in [6, 6.07) is 13.5. The summed E-state index contributed by atoms with van der Waals surface area (Å²) >= 11 is 0. The van der Waals surface area contributed by atoms with Gasteiger partial charge in [-0.3, -0.25) is 4.79 Å². The zero-order valence-corrected chi connectivity index (χ0v) is 16.9. The van der Waals surface area contributed by atoms with Crippen LogP contribution in [0.15, 0.2) is 53.5 Å². The normalized spacial score (nSPS) is 11.4. The zero-order chi connectivity index (χ0) is 21.2. The van der Waals surface area contributed by atoms with Crippen molar-refractivity contribution in [3.8, 4) is 5.75 Å². The van der Waals surface area contributed by atoms with Crippen LogP contribution < -0.4 is 21.5 Å². The molecule has 0 aliphatic heterocycles. The van der Waals surface area contributed by atoms with Crippen molar-refractivity contribution in [3.05, 3.63) is 59.7 Å². The quantitative estimate of drug-likeness (QED) is 0.198. The Balaban J connectivity index is 2.01. The fourth-order valence-electron chi connectivity index (χ4n) is 2.84. The van der Waals surface area contributed by atoms with E-state index in [-0.39, 0.29) is 17.8 Å². The number of nitrogens with one attached hydrogen (secondary N) is 1. The Morgan fingerprint density at radius 3 is 2.24 bits per heavy atom. The van der Waals surface area contributed by atoms with Gasteiger partial charge < -0.3 is 21.5 Å². The molecular weight excluding hydrogens is 368 g/mol. The SMILES string of the molecule is CCCCNC(=O)C(CC)c1ccc(OC(=O)c2ccc(N=C(N)N)cc2)cc1. The van der Waals surface area contributed by atoms with Crippen molar-refractivity contribution in [2.45, 2.75) is 39.0 Å². The Morgan fingerprint density at radius 2 is 1.69 bits per heavy atom. The van der Waals surface area contributed by atoms with Gasteiger partial charge in [0.05, 0.1) is 17.2 Å². The first-order valence-electron chi connectivity index (χ1n) is 9.74. The summed E-state index contributed by atoms with van der Waals surface area (Å²) in [7, 11) is 0. The first kappa shape index (κ1) is 21.9. The van der Waals surface area contributed by atoms with Crippen LogP contribution >= 0.6 is 0 Å². The highest BCUT2D eigenvalue weighted by Crippen LogP contribution is 2.23. The van der Waals surface area contributed by atoms with Crippen LogP contribution in [0.25, 0.3) is 0 Å². The van der Waals surface area contributed by atoms with Crippen LogP contribution in [-0.4, -0.2) is 24.4 Å². The lowest BCUT2D eigenvalue weighted by atomic mass is 9.95. The van der Waals surface area contributed by atoms with Crippen LogP contribution in [-0.2, 0) is 4.79 Å². The van der Waals surface area contributed by atoms with E-state index in [0.29, 0.717) is 30.0 Å². The molecule has 0 fully saturated rings. The maximum atomic E-state index is 12.4. The molecule has 1 atom stereocenters. The van der Waals surface area contributed by atoms with Gasteiger partial charge in [-0.25, -0.2) is 9.79 Å². The number of hydrogen-bond acceptors (Lipinski definition) is 4. The zero-order valence-electron chi connectivity index (χ0n) is 16.9. The molecule has 0 aliphatic rings. The standard InChI is InChI=1S/C22H28N4O3/c1-3-5-14-25-20(27)19(4-2)15-8-12-18(13-9-15)29-21(28)16-6-10-17(11-7-16)26-22(23)24/h6-13,19H,3-5,14H2,1-2H3,(H,25,27)(H4,23,24,26). The predicted molar refractivity (Wildman–Crippen MR) is 114 cm³/mol. The highest BCUT2D eigenvalue weighted by Gasteiger charge is 2.18. The summed E-state index contributed by atoms with van der Waals surface area (Å²) in [6.45, 7) is 4.75. The molecule has 0 saturated heterocycles. The molecule has 0 radical (unpaired) electrons. The molecule has 154 valence electrons. The molecular formula is C22H28N4O3. The molecule has 0 aromatic heterocycles. The molecule has 2 rings (SSSR count). The van der Waals surface area contributed by atoms with Gasteiger partial charge in [0.25, 0.3) is 0 Å². The molecule has 7 nitrogen and oxygen atoms in total. The van der Waals surface area contributed by atoms with Crippen LogP contribution in [0.3, 0.4) is 0 Å². The van der Waals surface area contributed by atoms with Crippen molar-refractivity contribution in [1.82, 2.24) is 5.32 Å². The van der Waals surface area contributed by atoms with Gasteiger partial charge in [-0.15, -0.1) is 0 Å². The van der Waals surface area contributed by atoms with Gasteiger partial charge in [0.2, 0.25) is 5.91 Å². The molecule has 29 heavy (non-hydrogen) atoms. The number of carbonyl (C=O) groups is 2. The number of aliphatic imine (C=N–C) groups is 1. The third kappa shape index (κ3) is 6.64. The number of carbonyl (C=O) groups excluding carboxylic acids is 2. The minimum absolute atomic E-state index is 0.0200. The summed E-state index contributed by atoms with van der Waals surface area (Å²) in [5, 5.41) is 2.97. The second-order valence-electron chi connectivity index (χ2n) is 6.65. The Labute approximate surface area is 171 Å². The second kappa shape index (κ2) is 10.8. The van der Waals surface area contributed by atoms with Gasteiger partial charge in [-0.05, 0) is 54.8 Å². The van der Waals surface area contributed by atoms with Crippen molar-refractivity contribution in [2.24, 2.45) is 16.5 Å². The van der Waals surface area contributed by atoms with Gasteiger partial charge in [0, 0.05) is 6.54 Å². The summed E-state index contributed by atoms with van der Waals surface area (Å²) in [5.41, 5.74) is 12.5. The molecule has 0 aliphatic carbocycles. The third-order valence-corrected chi connectivity index (χ3v) is 4.41. The minimum atomic E-state index is -0.488. The third-order valence-electron chi connectivity index (χ3n) is 4.41. The lowest BCUT2D eigenvalue weighted by Crippen LogP contribution is -2.29. The van der Waals surface area contributed by atoms with Crippen LogP contribution in [0, 0.1) is 0 Å². The van der Waals surface area contributed by atoms with E-state index < -0.39 is 5.97 Å². The van der Waals surface area contributed by atoms with Gasteiger partial charge >= 0.3 is 5.97 Å². The van der Waals surface area contributed by atoms with E-state index >= 15 is 0 Å². The Morgan fingerprint density at radius 1 is 1.03 bits per heavy atom. The molecule has 1 amide bonds. The maximum Gasteiger partial charge on any atom is 0.343 e. The monoisotopic (exact) mass is 396 g/mol. The molecule has 5 N–H and O–H groups in total. The van der Waals surface area contributed by atoms with E-state index in [4.69, 9.17) is 16.2 Å². The topological polar surface area (TPSA) is 120 Å². The van der Waals surface area contributed by atoms with Crippen LogP contribution in [0.1, 0.15) is 54.9 Å². The molecule has 2 aromatic carbocycles. The molecule has 0 bridgehead atoms. The highest BCUT2D eigenvalue weighted by molar-refractivity contribution is 5.91. The number of nitrogens with zero attached hydrogens (tertiary/aromatic N) is 1. The molecule has 1 unspecified atom stereocenters. The second-order valence-corrected chi connectivity index (χ2v) is 6.65. The van der Waals surface area contributed by atoms with Crippen LogP contribution in [0.4, 0.5) is 5.69 Å². The molecule has 0 saturated carbocycles. The van der Waals surface area contributed by atoms with E-state index in [1.807, 2.05) is 19.1 Å². The number of nitrogens with two attached hydrogens (primary N) is 2. The maximum absolute atomic E-state index is 12.4. The Hall–Kier alpha value is -3.35. The van der Waals surface area contributed by atoms with Gasteiger partial charge in [0.1, 0.15) is 5.75 Å². The molecule has 7 heteroatoms. The van der Waals surface area contributed by atoms with Crippen molar-refractivity contribution in [2.75, 3.05) is 6.54 Å². The minimum Gasteiger partial charge on any atom is -0.423 e. The van der Waals surface area contributed by atoms with E-state index in [1.165, 1.54) is 0 Å². The Bertz CT molecular complexity index is 841. The average molecular weight is 396 g/mol. The fraction of sp³-hybridized carbons (Fsp3) is 0.318. The van der Waals surface area contributed by atoms with Crippen molar-refractivity contribution >= 4 is 23.5 Å². The summed E-state index contributed by atoms with van der Waals surface area (Å²) in [4.78, 5) is 28.6. The number of esters is 1. The van der Waals surface area contributed by atoms with Crippen LogP contribution in [0.5, 0.6) is 5.75 Å². The molecule has 0 spiro atoms. The summed E-state index contributed by atoms with van der Waals surface area (Å²) in [5.74, 6) is -0.331. The molecule has 2 aromatic rings. The average Bonchev–Trinajstić information content (AvgIpc) is 2.70. The smallest absolute Gasteiger partial charge is 0.343 e. The van der Waals surface area contributed by atoms with Crippen molar-refractivity contribution in [3.63, 3.8) is 0 Å². The molecule has 0 heterocycles. The van der Waals surface area contributed by atoms with E-state index in [0.717, 1.165) is 18.4 Å². The van der Waals surface area contributed by atoms with Gasteiger partial charge in [-0.2, -0.15) is 0 Å². The van der Waals surface area contributed by atoms with Crippen LogP contribution in [0.2, 0.25) is 0 Å². The first-order valence-corrected chi connectivity index (χ1v) is 9.74. The highest BCUT2D eigenvalue weighted by atomic mass is 16.5. The number of hydrogen-bond donors (Lipinski definition) is 3. The predicted octanol–water partition coefficient (Wildman–Crippen LogP) is 3.22. The number of ether oxygens (including phenoxy) is 1. The lowest BCUT2D eigenvalue weighted by molar-refractivity contribution is -0.122.